The Bertz CT molecular complexity index is 660. The van der Waals surface area contributed by atoms with Gasteiger partial charge in [-0.05, 0) is 12.0 Å². The highest BCUT2D eigenvalue weighted by Crippen LogP contribution is 2.18. The van der Waals surface area contributed by atoms with Crippen LogP contribution in [0.25, 0.3) is 0 Å². The maximum Gasteiger partial charge on any atom is 0.335 e. The molecule has 1 aromatic rings. The van der Waals surface area contributed by atoms with Crippen molar-refractivity contribution >= 4 is 17.8 Å². The molecule has 1 aliphatic heterocycles. The summed E-state index contributed by atoms with van der Waals surface area (Å²) in [6.45, 7) is 2.64. The lowest BCUT2D eigenvalue weighted by atomic mass is 10.0. The predicted octanol–water partition coefficient (Wildman–Crippen LogP) is 5.49. The van der Waals surface area contributed by atoms with E-state index in [1.165, 1.54) is 44.9 Å². The third-order valence-electron chi connectivity index (χ3n) is 5.55. The average molecular weight is 432 g/mol. The van der Waals surface area contributed by atoms with Crippen molar-refractivity contribution in [2.24, 2.45) is 0 Å². The summed E-state index contributed by atoms with van der Waals surface area (Å²) in [6.07, 6.45) is 11.7. The highest BCUT2D eigenvalue weighted by atomic mass is 16.7. The molecule has 0 N–H and O–H groups in total. The standard InChI is InChI=1S/C25H37NO5/c1-2-3-4-5-6-7-8-9-13-16-22(30-20-21-14-11-10-12-15-21)19-25(29)31-26-23(27)17-18-24(26)28/h10-12,14-15,22H,2-9,13,16-20H2,1H3/t22-/m1/s1. The molecular weight excluding hydrogens is 394 g/mol. The van der Waals surface area contributed by atoms with Gasteiger partial charge in [0.15, 0.2) is 0 Å². The molecule has 1 saturated heterocycles. The first kappa shape index (κ1) is 25.1. The molecule has 2 rings (SSSR count). The van der Waals surface area contributed by atoms with Crippen LogP contribution in [0.1, 0.15) is 96.0 Å². The molecular formula is C25H37NO5. The molecule has 0 bridgehead atoms. The number of amides is 2. The van der Waals surface area contributed by atoms with Gasteiger partial charge < -0.3 is 9.57 Å². The normalized spacial score (nSPS) is 14.8. The fourth-order valence-corrected chi connectivity index (χ4v) is 3.70. The Hall–Kier alpha value is -2.21. The average Bonchev–Trinajstić information content (AvgIpc) is 3.08. The van der Waals surface area contributed by atoms with Gasteiger partial charge in [0.1, 0.15) is 0 Å². The van der Waals surface area contributed by atoms with Crippen LogP contribution in [0, 0.1) is 0 Å². The molecule has 0 saturated carbocycles. The highest BCUT2D eigenvalue weighted by Gasteiger charge is 2.33. The largest absolute Gasteiger partial charge is 0.373 e. The maximum absolute atomic E-state index is 12.3. The molecule has 6 heteroatoms. The van der Waals surface area contributed by atoms with Crippen LogP contribution in [0.2, 0.25) is 0 Å². The Morgan fingerprint density at radius 1 is 0.903 bits per heavy atom. The molecule has 1 fully saturated rings. The third-order valence-corrected chi connectivity index (χ3v) is 5.55. The number of imide groups is 1. The van der Waals surface area contributed by atoms with Crippen LogP contribution >= 0.6 is 0 Å². The Morgan fingerprint density at radius 2 is 1.48 bits per heavy atom. The van der Waals surface area contributed by atoms with E-state index >= 15 is 0 Å². The summed E-state index contributed by atoms with van der Waals surface area (Å²) in [7, 11) is 0. The molecule has 1 aliphatic rings. The van der Waals surface area contributed by atoms with E-state index < -0.39 is 17.8 Å². The van der Waals surface area contributed by atoms with Crippen molar-refractivity contribution in [1.29, 1.82) is 0 Å². The van der Waals surface area contributed by atoms with Crippen molar-refractivity contribution in [1.82, 2.24) is 5.06 Å². The first-order chi connectivity index (χ1) is 15.1. The topological polar surface area (TPSA) is 72.9 Å². The van der Waals surface area contributed by atoms with Gasteiger partial charge in [0.05, 0.1) is 19.1 Å². The van der Waals surface area contributed by atoms with Crippen molar-refractivity contribution in [2.45, 2.75) is 103 Å². The number of benzene rings is 1. The van der Waals surface area contributed by atoms with Gasteiger partial charge in [-0.25, -0.2) is 4.79 Å². The molecule has 0 unspecified atom stereocenters. The monoisotopic (exact) mass is 431 g/mol. The number of hydrogen-bond donors (Lipinski definition) is 0. The van der Waals surface area contributed by atoms with E-state index in [9.17, 15) is 14.4 Å². The van der Waals surface area contributed by atoms with Crippen molar-refractivity contribution in [2.75, 3.05) is 0 Å². The minimum atomic E-state index is -0.599. The zero-order chi connectivity index (χ0) is 22.3. The van der Waals surface area contributed by atoms with E-state index in [-0.39, 0.29) is 25.4 Å². The van der Waals surface area contributed by atoms with Gasteiger partial charge >= 0.3 is 5.97 Å². The van der Waals surface area contributed by atoms with E-state index in [4.69, 9.17) is 9.57 Å². The second kappa shape index (κ2) is 14.7. The van der Waals surface area contributed by atoms with E-state index in [1.807, 2.05) is 30.3 Å². The smallest absolute Gasteiger partial charge is 0.335 e. The van der Waals surface area contributed by atoms with E-state index in [1.54, 1.807) is 0 Å². The Kier molecular flexibility index (Phi) is 11.9. The van der Waals surface area contributed by atoms with Crippen LogP contribution in [-0.2, 0) is 30.6 Å². The van der Waals surface area contributed by atoms with E-state index in [0.717, 1.165) is 24.8 Å². The number of ether oxygens (including phenoxy) is 1. The van der Waals surface area contributed by atoms with Gasteiger partial charge in [0, 0.05) is 12.8 Å². The third kappa shape index (κ3) is 10.1. The molecule has 2 amide bonds. The molecule has 6 nitrogen and oxygen atoms in total. The van der Waals surface area contributed by atoms with Gasteiger partial charge in [-0.1, -0.05) is 95.0 Å². The lowest BCUT2D eigenvalue weighted by Crippen LogP contribution is -2.33. The quantitative estimate of drug-likeness (QED) is 0.256. The van der Waals surface area contributed by atoms with Gasteiger partial charge in [-0.2, -0.15) is 0 Å². The number of carbonyl (C=O) groups is 3. The molecule has 1 atom stereocenters. The lowest BCUT2D eigenvalue weighted by molar-refractivity contribution is -0.199. The Balaban J connectivity index is 1.74. The summed E-state index contributed by atoms with van der Waals surface area (Å²) >= 11 is 0. The molecule has 1 aromatic carbocycles. The molecule has 0 aromatic heterocycles. The minimum Gasteiger partial charge on any atom is -0.373 e. The number of nitrogens with zero attached hydrogens (tertiary/aromatic N) is 1. The van der Waals surface area contributed by atoms with Crippen LogP contribution in [0.15, 0.2) is 30.3 Å². The number of carbonyl (C=O) groups excluding carboxylic acids is 3. The Morgan fingerprint density at radius 3 is 2.10 bits per heavy atom. The number of hydrogen-bond acceptors (Lipinski definition) is 5. The molecule has 0 spiro atoms. The first-order valence-electron chi connectivity index (χ1n) is 11.8. The summed E-state index contributed by atoms with van der Waals surface area (Å²) in [5, 5.41) is 0.606. The fraction of sp³-hybridized carbons (Fsp3) is 0.640. The van der Waals surface area contributed by atoms with Crippen LogP contribution in [0.4, 0.5) is 0 Å². The zero-order valence-corrected chi connectivity index (χ0v) is 18.9. The van der Waals surface area contributed by atoms with Crippen molar-refractivity contribution in [3.8, 4) is 0 Å². The molecule has 0 radical (unpaired) electrons. The molecule has 0 aliphatic carbocycles. The van der Waals surface area contributed by atoms with Gasteiger partial charge in [-0.15, -0.1) is 5.06 Å². The van der Waals surface area contributed by atoms with Crippen LogP contribution < -0.4 is 0 Å². The summed E-state index contributed by atoms with van der Waals surface area (Å²) in [4.78, 5) is 40.7. The Labute approximate surface area is 186 Å². The number of hydroxylamine groups is 2. The summed E-state index contributed by atoms with van der Waals surface area (Å²) in [5.41, 5.74) is 1.04. The van der Waals surface area contributed by atoms with E-state index in [2.05, 4.69) is 6.92 Å². The van der Waals surface area contributed by atoms with Crippen molar-refractivity contribution in [3.63, 3.8) is 0 Å². The van der Waals surface area contributed by atoms with Crippen molar-refractivity contribution in [3.05, 3.63) is 35.9 Å². The second-order valence-corrected chi connectivity index (χ2v) is 8.28. The molecule has 172 valence electrons. The summed E-state index contributed by atoms with van der Waals surface area (Å²) < 4.78 is 6.00. The molecule has 31 heavy (non-hydrogen) atoms. The zero-order valence-electron chi connectivity index (χ0n) is 18.9. The fourth-order valence-electron chi connectivity index (χ4n) is 3.70. The maximum atomic E-state index is 12.3. The SMILES string of the molecule is CCCCCCCCCCC[C@H](CC(=O)ON1C(=O)CCC1=O)OCc1ccccc1. The number of rotatable bonds is 16. The van der Waals surface area contributed by atoms with Gasteiger partial charge in [0.25, 0.3) is 11.8 Å². The minimum absolute atomic E-state index is 0.0287. The van der Waals surface area contributed by atoms with Crippen LogP contribution in [-0.4, -0.2) is 29.0 Å². The summed E-state index contributed by atoms with van der Waals surface area (Å²) in [6, 6.07) is 9.82. The highest BCUT2D eigenvalue weighted by molar-refractivity contribution is 6.01. The van der Waals surface area contributed by atoms with Crippen LogP contribution in [0.5, 0.6) is 0 Å². The van der Waals surface area contributed by atoms with Gasteiger partial charge in [-0.3, -0.25) is 9.59 Å². The lowest BCUT2D eigenvalue weighted by Gasteiger charge is -2.19. The van der Waals surface area contributed by atoms with Crippen molar-refractivity contribution < 1.29 is 24.0 Å². The van der Waals surface area contributed by atoms with Crippen LogP contribution in [0.3, 0.4) is 0 Å². The van der Waals surface area contributed by atoms with E-state index in [0.29, 0.717) is 11.7 Å². The van der Waals surface area contributed by atoms with Gasteiger partial charge in [0.2, 0.25) is 0 Å². The second-order valence-electron chi connectivity index (χ2n) is 8.28. The number of unbranched alkanes of at least 4 members (excludes halogenated alkanes) is 8. The summed E-state index contributed by atoms with van der Waals surface area (Å²) in [5.74, 6) is -1.52. The first-order valence-corrected chi connectivity index (χ1v) is 11.8. The molecule has 1 heterocycles. The predicted molar refractivity (Wildman–Crippen MR) is 119 cm³/mol.